The fourth-order valence-electron chi connectivity index (χ4n) is 1.57. The zero-order valence-corrected chi connectivity index (χ0v) is 9.74. The van der Waals surface area contributed by atoms with E-state index in [1.165, 1.54) is 0 Å². The van der Waals surface area contributed by atoms with Crippen molar-refractivity contribution in [2.45, 2.75) is 18.9 Å². The highest BCUT2D eigenvalue weighted by atomic mass is 35.5. The molecule has 0 saturated carbocycles. The predicted molar refractivity (Wildman–Crippen MR) is 58.5 cm³/mol. The van der Waals surface area contributed by atoms with E-state index in [-0.39, 0.29) is 16.8 Å². The maximum Gasteiger partial charge on any atom is 0.341 e. The Kier molecular flexibility index (Phi) is 3.91. The quantitative estimate of drug-likeness (QED) is 0.604. The van der Waals surface area contributed by atoms with Crippen LogP contribution in [0.3, 0.4) is 0 Å². The van der Waals surface area contributed by atoms with Crippen molar-refractivity contribution in [3.8, 4) is 0 Å². The number of ether oxygens (including phenoxy) is 2. The molecule has 1 aromatic rings. The van der Waals surface area contributed by atoms with Crippen LogP contribution in [0, 0.1) is 5.82 Å². The molecule has 1 aromatic heterocycles. The molecule has 0 atom stereocenters. The van der Waals surface area contributed by atoms with Crippen molar-refractivity contribution >= 4 is 17.6 Å². The van der Waals surface area contributed by atoms with Gasteiger partial charge in [-0.3, -0.25) is 0 Å². The van der Waals surface area contributed by atoms with E-state index in [1.807, 2.05) is 0 Å². The predicted octanol–water partition coefficient (Wildman–Crippen LogP) is 2.21. The number of aromatic nitrogens is 1. The Balaban J connectivity index is 2.05. The number of halogens is 2. The molecule has 0 amide bonds. The number of hydrogen-bond donors (Lipinski definition) is 0. The Morgan fingerprint density at radius 1 is 1.53 bits per heavy atom. The lowest BCUT2D eigenvalue weighted by Crippen LogP contribution is -2.26. The summed E-state index contributed by atoms with van der Waals surface area (Å²) in [7, 11) is 0. The molecule has 1 aliphatic rings. The molecule has 0 aromatic carbocycles. The summed E-state index contributed by atoms with van der Waals surface area (Å²) in [6.07, 6.45) is 2.04. The van der Waals surface area contributed by atoms with E-state index in [1.54, 1.807) is 0 Å². The summed E-state index contributed by atoms with van der Waals surface area (Å²) in [4.78, 5) is 15.3. The fraction of sp³-hybridized carbons (Fsp3) is 0.455. The molecule has 0 aliphatic carbocycles. The van der Waals surface area contributed by atoms with Gasteiger partial charge in [0.2, 0.25) is 0 Å². The van der Waals surface area contributed by atoms with Crippen molar-refractivity contribution < 1.29 is 18.7 Å². The van der Waals surface area contributed by atoms with Crippen LogP contribution in [0.4, 0.5) is 4.39 Å². The van der Waals surface area contributed by atoms with Gasteiger partial charge in [-0.1, -0.05) is 11.6 Å². The standard InChI is InChI=1S/C11H11ClFNO3/c12-10-9(5-7(13)6-14-10)11(15)17-8-1-3-16-4-2-8/h5-6,8H,1-4H2. The molecule has 92 valence electrons. The van der Waals surface area contributed by atoms with Crippen molar-refractivity contribution in [3.05, 3.63) is 28.8 Å². The van der Waals surface area contributed by atoms with Crippen LogP contribution >= 0.6 is 11.6 Å². The molecule has 0 N–H and O–H groups in total. The average molecular weight is 260 g/mol. The lowest BCUT2D eigenvalue weighted by atomic mass is 10.1. The van der Waals surface area contributed by atoms with Crippen LogP contribution in [0.5, 0.6) is 0 Å². The number of rotatable bonds is 2. The molecular formula is C11H11ClFNO3. The Morgan fingerprint density at radius 3 is 2.94 bits per heavy atom. The number of pyridine rings is 1. The van der Waals surface area contributed by atoms with Gasteiger partial charge in [-0.2, -0.15) is 0 Å². The van der Waals surface area contributed by atoms with Crippen molar-refractivity contribution in [1.82, 2.24) is 4.98 Å². The third-order valence-electron chi connectivity index (χ3n) is 2.47. The monoisotopic (exact) mass is 259 g/mol. The van der Waals surface area contributed by atoms with Gasteiger partial charge in [-0.25, -0.2) is 14.2 Å². The molecule has 0 spiro atoms. The van der Waals surface area contributed by atoms with Gasteiger partial charge in [-0.05, 0) is 6.07 Å². The Labute approximate surface area is 103 Å². The van der Waals surface area contributed by atoms with Crippen LogP contribution in [0.1, 0.15) is 23.2 Å². The first kappa shape index (κ1) is 12.3. The highest BCUT2D eigenvalue weighted by Gasteiger charge is 2.21. The fourth-order valence-corrected chi connectivity index (χ4v) is 1.75. The SMILES string of the molecule is O=C(OC1CCOCC1)c1cc(F)cnc1Cl. The largest absolute Gasteiger partial charge is 0.459 e. The minimum atomic E-state index is -0.645. The van der Waals surface area contributed by atoms with Crippen LogP contribution in [0.2, 0.25) is 5.15 Å². The highest BCUT2D eigenvalue weighted by Crippen LogP contribution is 2.18. The van der Waals surface area contributed by atoms with Gasteiger partial charge in [0, 0.05) is 12.8 Å². The van der Waals surface area contributed by atoms with Crippen LogP contribution < -0.4 is 0 Å². The van der Waals surface area contributed by atoms with Crippen molar-refractivity contribution in [2.75, 3.05) is 13.2 Å². The van der Waals surface area contributed by atoms with Gasteiger partial charge in [-0.15, -0.1) is 0 Å². The average Bonchev–Trinajstić information content (AvgIpc) is 2.33. The molecule has 1 aliphatic heterocycles. The van der Waals surface area contributed by atoms with E-state index in [0.29, 0.717) is 26.1 Å². The lowest BCUT2D eigenvalue weighted by molar-refractivity contribution is -0.0159. The van der Waals surface area contributed by atoms with Gasteiger partial charge in [0.1, 0.15) is 17.1 Å². The van der Waals surface area contributed by atoms with Gasteiger partial charge < -0.3 is 9.47 Å². The lowest BCUT2D eigenvalue weighted by Gasteiger charge is -2.22. The number of esters is 1. The zero-order valence-electron chi connectivity index (χ0n) is 8.99. The van der Waals surface area contributed by atoms with Crippen LogP contribution in [-0.4, -0.2) is 30.3 Å². The third kappa shape index (κ3) is 3.14. The second kappa shape index (κ2) is 5.42. The number of carbonyl (C=O) groups excluding carboxylic acids is 1. The normalized spacial score (nSPS) is 16.8. The summed E-state index contributed by atoms with van der Waals surface area (Å²) in [5.74, 6) is -1.26. The van der Waals surface area contributed by atoms with Crippen molar-refractivity contribution in [2.24, 2.45) is 0 Å². The van der Waals surface area contributed by atoms with E-state index < -0.39 is 11.8 Å². The van der Waals surface area contributed by atoms with Crippen LogP contribution in [0.25, 0.3) is 0 Å². The first-order valence-corrected chi connectivity index (χ1v) is 5.64. The minimum Gasteiger partial charge on any atom is -0.459 e. The topological polar surface area (TPSA) is 48.4 Å². The Morgan fingerprint density at radius 2 is 2.24 bits per heavy atom. The molecule has 6 heteroatoms. The van der Waals surface area contributed by atoms with Crippen LogP contribution in [0.15, 0.2) is 12.3 Å². The molecular weight excluding hydrogens is 249 g/mol. The van der Waals surface area contributed by atoms with E-state index in [9.17, 15) is 9.18 Å². The molecule has 0 bridgehead atoms. The second-order valence-electron chi connectivity index (χ2n) is 3.71. The van der Waals surface area contributed by atoms with E-state index >= 15 is 0 Å². The molecule has 17 heavy (non-hydrogen) atoms. The van der Waals surface area contributed by atoms with Crippen molar-refractivity contribution in [3.63, 3.8) is 0 Å². The summed E-state index contributed by atoms with van der Waals surface area (Å²) < 4.78 is 23.3. The Hall–Kier alpha value is -1.20. The molecule has 1 saturated heterocycles. The maximum absolute atomic E-state index is 12.9. The van der Waals surface area contributed by atoms with Gasteiger partial charge in [0.05, 0.1) is 25.0 Å². The highest BCUT2D eigenvalue weighted by molar-refractivity contribution is 6.32. The van der Waals surface area contributed by atoms with Crippen LogP contribution in [-0.2, 0) is 9.47 Å². The smallest absolute Gasteiger partial charge is 0.341 e. The van der Waals surface area contributed by atoms with Gasteiger partial charge in [0.25, 0.3) is 0 Å². The third-order valence-corrected chi connectivity index (χ3v) is 2.77. The maximum atomic E-state index is 12.9. The molecule has 2 rings (SSSR count). The summed E-state index contributed by atoms with van der Waals surface area (Å²) in [6.45, 7) is 1.13. The second-order valence-corrected chi connectivity index (χ2v) is 4.07. The van der Waals surface area contributed by atoms with E-state index in [0.717, 1.165) is 12.3 Å². The molecule has 1 fully saturated rings. The van der Waals surface area contributed by atoms with Gasteiger partial charge in [0.15, 0.2) is 0 Å². The molecule has 0 unspecified atom stereocenters. The summed E-state index contributed by atoms with van der Waals surface area (Å²) in [5.41, 5.74) is -0.0434. The summed E-state index contributed by atoms with van der Waals surface area (Å²) >= 11 is 5.71. The zero-order chi connectivity index (χ0) is 12.3. The first-order chi connectivity index (χ1) is 8.16. The van der Waals surface area contributed by atoms with Crippen molar-refractivity contribution in [1.29, 1.82) is 0 Å². The van der Waals surface area contributed by atoms with E-state index in [2.05, 4.69) is 4.98 Å². The first-order valence-electron chi connectivity index (χ1n) is 5.26. The summed E-state index contributed by atoms with van der Waals surface area (Å²) in [5, 5.41) is -0.0524. The Bertz CT molecular complexity index is 421. The number of carbonyl (C=O) groups is 1. The van der Waals surface area contributed by atoms with Gasteiger partial charge >= 0.3 is 5.97 Å². The number of nitrogens with zero attached hydrogens (tertiary/aromatic N) is 1. The molecule has 2 heterocycles. The van der Waals surface area contributed by atoms with E-state index in [4.69, 9.17) is 21.1 Å². The molecule has 4 nitrogen and oxygen atoms in total. The molecule has 0 radical (unpaired) electrons. The summed E-state index contributed by atoms with van der Waals surface area (Å²) in [6, 6.07) is 1.02. The minimum absolute atomic E-state index is 0.0434. The number of hydrogen-bond acceptors (Lipinski definition) is 4.